The van der Waals surface area contributed by atoms with E-state index >= 15 is 0 Å². The Hall–Kier alpha value is -0.900. The monoisotopic (exact) mass is 267 g/mol. The summed E-state index contributed by atoms with van der Waals surface area (Å²) in [6.07, 6.45) is 3.19. The molecule has 0 atom stereocenters. The van der Waals surface area contributed by atoms with E-state index in [1.54, 1.807) is 6.07 Å². The molecule has 2 aromatic rings. The van der Waals surface area contributed by atoms with E-state index in [4.69, 9.17) is 11.6 Å². The minimum Gasteiger partial charge on any atom is -0.312 e. The Bertz CT molecular complexity index is 603. The second-order valence-electron chi connectivity index (χ2n) is 4.06. The molecule has 0 saturated carbocycles. The number of hydrogen-bond donors (Lipinski definition) is 1. The minimum atomic E-state index is -0.190. The molecule has 0 radical (unpaired) electrons. The highest BCUT2D eigenvalue weighted by atomic mass is 35.5. The van der Waals surface area contributed by atoms with E-state index in [1.807, 2.05) is 6.07 Å². The topological polar surface area (TPSA) is 12.0 Å². The average Bonchev–Trinajstić information content (AvgIpc) is 2.68. The lowest BCUT2D eigenvalue weighted by molar-refractivity contribution is 0.641. The van der Waals surface area contributed by atoms with Crippen molar-refractivity contribution in [3.8, 4) is 0 Å². The summed E-state index contributed by atoms with van der Waals surface area (Å²) >= 11 is 7.58. The first-order chi connectivity index (χ1) is 8.27. The average molecular weight is 268 g/mol. The van der Waals surface area contributed by atoms with E-state index in [-0.39, 0.29) is 5.82 Å². The quantitative estimate of drug-likeness (QED) is 0.821. The summed E-state index contributed by atoms with van der Waals surface area (Å²) in [5, 5.41) is 4.24. The first-order valence-corrected chi connectivity index (χ1v) is 6.73. The second-order valence-corrected chi connectivity index (χ2v) is 5.68. The van der Waals surface area contributed by atoms with Crippen molar-refractivity contribution in [1.82, 2.24) is 5.32 Å². The van der Waals surface area contributed by atoms with Crippen LogP contribution in [0.2, 0.25) is 4.34 Å². The predicted molar refractivity (Wildman–Crippen MR) is 72.3 cm³/mol. The lowest BCUT2D eigenvalue weighted by atomic mass is 10.0. The van der Waals surface area contributed by atoms with Gasteiger partial charge in [0.2, 0.25) is 0 Å². The Morgan fingerprint density at radius 1 is 1.35 bits per heavy atom. The van der Waals surface area contributed by atoms with Crippen LogP contribution in [-0.4, -0.2) is 13.1 Å². The lowest BCUT2D eigenvalue weighted by Gasteiger charge is -2.14. The normalized spacial score (nSPS) is 16.2. The molecule has 0 spiro atoms. The number of rotatable bonds is 1. The van der Waals surface area contributed by atoms with Gasteiger partial charge in [0.05, 0.1) is 4.70 Å². The molecule has 4 heteroatoms. The van der Waals surface area contributed by atoms with Crippen molar-refractivity contribution in [2.45, 2.75) is 6.42 Å². The number of nitrogens with one attached hydrogen (secondary N) is 1. The van der Waals surface area contributed by atoms with Crippen molar-refractivity contribution in [3.63, 3.8) is 0 Å². The maximum Gasteiger partial charge on any atom is 0.141 e. The molecule has 1 nitrogen and oxygen atoms in total. The Morgan fingerprint density at radius 2 is 2.24 bits per heavy atom. The molecule has 0 amide bonds. The fourth-order valence-corrected chi connectivity index (χ4v) is 3.61. The van der Waals surface area contributed by atoms with Crippen molar-refractivity contribution in [2.24, 2.45) is 0 Å². The number of halogens is 2. The fourth-order valence-electron chi connectivity index (χ4n) is 2.19. The summed E-state index contributed by atoms with van der Waals surface area (Å²) in [6.45, 7) is 1.81. The molecule has 0 fully saturated rings. The van der Waals surface area contributed by atoms with Crippen LogP contribution in [0.3, 0.4) is 0 Å². The zero-order valence-corrected chi connectivity index (χ0v) is 10.7. The summed E-state index contributed by atoms with van der Waals surface area (Å²) in [4.78, 5) is 0. The van der Waals surface area contributed by atoms with Crippen molar-refractivity contribution < 1.29 is 4.39 Å². The Balaban J connectivity index is 2.25. The van der Waals surface area contributed by atoms with Crippen LogP contribution in [-0.2, 0) is 0 Å². The van der Waals surface area contributed by atoms with Gasteiger partial charge in [-0.05, 0) is 24.6 Å². The molecule has 0 aliphatic carbocycles. The molecular weight excluding hydrogens is 257 g/mol. The van der Waals surface area contributed by atoms with Gasteiger partial charge in [0.15, 0.2) is 0 Å². The SMILES string of the molecule is Fc1cccc2c(C3=CCCNC3)c(Cl)sc12. The van der Waals surface area contributed by atoms with Gasteiger partial charge in [0.1, 0.15) is 10.2 Å². The van der Waals surface area contributed by atoms with Gasteiger partial charge in [-0.2, -0.15) is 0 Å². The van der Waals surface area contributed by atoms with Gasteiger partial charge >= 0.3 is 0 Å². The summed E-state index contributed by atoms with van der Waals surface area (Å²) in [7, 11) is 0. The van der Waals surface area contributed by atoms with Gasteiger partial charge in [-0.25, -0.2) is 4.39 Å². The van der Waals surface area contributed by atoms with Crippen LogP contribution in [0.4, 0.5) is 4.39 Å². The van der Waals surface area contributed by atoms with Gasteiger partial charge < -0.3 is 5.32 Å². The molecule has 1 N–H and O–H groups in total. The third kappa shape index (κ3) is 1.88. The smallest absolute Gasteiger partial charge is 0.141 e. The Morgan fingerprint density at radius 3 is 3.00 bits per heavy atom. The van der Waals surface area contributed by atoms with Gasteiger partial charge in [-0.3, -0.25) is 0 Å². The van der Waals surface area contributed by atoms with Crippen molar-refractivity contribution in [1.29, 1.82) is 0 Å². The lowest BCUT2D eigenvalue weighted by Crippen LogP contribution is -2.21. The number of hydrogen-bond acceptors (Lipinski definition) is 2. The van der Waals surface area contributed by atoms with Gasteiger partial charge in [0.25, 0.3) is 0 Å². The second kappa shape index (κ2) is 4.41. The van der Waals surface area contributed by atoms with Gasteiger partial charge in [-0.15, -0.1) is 11.3 Å². The van der Waals surface area contributed by atoms with Crippen molar-refractivity contribution >= 4 is 38.6 Å². The fraction of sp³-hybridized carbons (Fsp3) is 0.231. The molecule has 0 saturated heterocycles. The molecule has 1 aliphatic rings. The van der Waals surface area contributed by atoms with Crippen molar-refractivity contribution in [2.75, 3.05) is 13.1 Å². The van der Waals surface area contributed by atoms with E-state index in [0.29, 0.717) is 9.04 Å². The van der Waals surface area contributed by atoms with Crippen LogP contribution in [0.1, 0.15) is 12.0 Å². The van der Waals surface area contributed by atoms with Gasteiger partial charge in [-0.1, -0.05) is 29.8 Å². The molecule has 17 heavy (non-hydrogen) atoms. The van der Waals surface area contributed by atoms with Crippen LogP contribution >= 0.6 is 22.9 Å². The molecule has 2 heterocycles. The van der Waals surface area contributed by atoms with E-state index < -0.39 is 0 Å². The van der Waals surface area contributed by atoms with Crippen LogP contribution in [0, 0.1) is 5.82 Å². The minimum absolute atomic E-state index is 0.190. The van der Waals surface area contributed by atoms with E-state index in [1.165, 1.54) is 23.0 Å². The zero-order valence-electron chi connectivity index (χ0n) is 9.09. The largest absolute Gasteiger partial charge is 0.312 e. The maximum atomic E-state index is 13.7. The molecule has 1 aromatic heterocycles. The first-order valence-electron chi connectivity index (χ1n) is 5.54. The highest BCUT2D eigenvalue weighted by Gasteiger charge is 2.17. The van der Waals surface area contributed by atoms with Crippen LogP contribution < -0.4 is 5.32 Å². The standard InChI is InChI=1S/C13H11ClFNS/c14-13-11(8-3-2-6-16-7-8)9-4-1-5-10(15)12(9)17-13/h1,3-5,16H,2,6-7H2. The summed E-state index contributed by atoms with van der Waals surface area (Å²) in [6, 6.07) is 5.15. The van der Waals surface area contributed by atoms with E-state index in [9.17, 15) is 4.39 Å². The van der Waals surface area contributed by atoms with Crippen LogP contribution in [0.25, 0.3) is 15.7 Å². The molecule has 0 bridgehead atoms. The van der Waals surface area contributed by atoms with Crippen LogP contribution in [0.5, 0.6) is 0 Å². The molecule has 0 unspecified atom stereocenters. The first kappa shape index (κ1) is 11.2. The summed E-state index contributed by atoms with van der Waals surface area (Å²) in [5.74, 6) is -0.190. The van der Waals surface area contributed by atoms with Crippen molar-refractivity contribution in [3.05, 3.63) is 40.0 Å². The maximum absolute atomic E-state index is 13.7. The molecule has 1 aromatic carbocycles. The highest BCUT2D eigenvalue weighted by molar-refractivity contribution is 7.23. The van der Waals surface area contributed by atoms with Crippen LogP contribution in [0.15, 0.2) is 24.3 Å². The highest BCUT2D eigenvalue weighted by Crippen LogP contribution is 2.40. The molecule has 88 valence electrons. The number of benzene rings is 1. The molecule has 3 rings (SSSR count). The Labute approximate surface area is 108 Å². The molecular formula is C13H11ClFNS. The van der Waals surface area contributed by atoms with E-state index in [2.05, 4.69) is 11.4 Å². The third-order valence-corrected chi connectivity index (χ3v) is 4.40. The summed E-state index contributed by atoms with van der Waals surface area (Å²) in [5.41, 5.74) is 2.18. The zero-order chi connectivity index (χ0) is 11.8. The predicted octanol–water partition coefficient (Wildman–Crippen LogP) is 4.07. The summed E-state index contributed by atoms with van der Waals surface area (Å²) < 4.78 is 15.0. The number of fused-ring (bicyclic) bond motifs is 1. The third-order valence-electron chi connectivity index (χ3n) is 2.97. The van der Waals surface area contributed by atoms with E-state index in [0.717, 1.165) is 30.5 Å². The molecule has 1 aliphatic heterocycles. The van der Waals surface area contributed by atoms with Gasteiger partial charge in [0, 0.05) is 17.5 Å². The number of thiophene rings is 1. The Kier molecular flexibility index (Phi) is 2.90.